The van der Waals surface area contributed by atoms with Crippen LogP contribution in [-0.4, -0.2) is 15.5 Å². The van der Waals surface area contributed by atoms with Crippen LogP contribution in [0.1, 0.15) is 47.4 Å². The van der Waals surface area contributed by atoms with Crippen LogP contribution in [0.4, 0.5) is 13.2 Å². The molecule has 30 heavy (non-hydrogen) atoms. The minimum absolute atomic E-state index is 0. The fraction of sp³-hybridized carbons (Fsp3) is 0.400. The van der Waals surface area contributed by atoms with Crippen molar-refractivity contribution in [3.8, 4) is 10.4 Å². The predicted molar refractivity (Wildman–Crippen MR) is 113 cm³/mol. The zero-order valence-corrected chi connectivity index (χ0v) is 17.6. The molecule has 1 unspecified atom stereocenters. The molecule has 0 aliphatic heterocycles. The predicted octanol–water partition coefficient (Wildman–Crippen LogP) is 4.20. The van der Waals surface area contributed by atoms with Crippen molar-refractivity contribution >= 4 is 34.6 Å². The summed E-state index contributed by atoms with van der Waals surface area (Å²) in [7, 11) is 0. The van der Waals surface area contributed by atoms with Crippen molar-refractivity contribution in [1.82, 2.24) is 9.55 Å². The summed E-state index contributed by atoms with van der Waals surface area (Å²) < 4.78 is 44.7. The number of nitrogens with two attached hydrogens (primary N) is 1. The lowest BCUT2D eigenvalue weighted by Crippen LogP contribution is -2.36. The SMILES string of the molecule is Cc1c(-c2cc3c(s2)CCC(F)(F)C3N)c(F)cc2c(=O)[nH]c(=O)n(C3CC3)c12.Cl. The van der Waals surface area contributed by atoms with Crippen molar-refractivity contribution in [2.24, 2.45) is 5.73 Å². The third-order valence-corrected chi connectivity index (χ3v) is 7.12. The number of rotatable bonds is 2. The van der Waals surface area contributed by atoms with Crippen LogP contribution in [0, 0.1) is 12.7 Å². The van der Waals surface area contributed by atoms with Crippen molar-refractivity contribution in [3.63, 3.8) is 0 Å². The molecule has 3 aromatic rings. The Hall–Kier alpha value is -2.10. The van der Waals surface area contributed by atoms with Gasteiger partial charge < -0.3 is 5.73 Å². The third-order valence-electron chi connectivity index (χ3n) is 5.90. The van der Waals surface area contributed by atoms with E-state index in [9.17, 15) is 18.4 Å². The van der Waals surface area contributed by atoms with Gasteiger partial charge in [0.15, 0.2) is 0 Å². The van der Waals surface area contributed by atoms with E-state index in [0.29, 0.717) is 21.5 Å². The molecule has 2 aromatic heterocycles. The lowest BCUT2D eigenvalue weighted by molar-refractivity contribution is -0.0392. The zero-order chi connectivity index (χ0) is 20.7. The molecule has 5 nitrogen and oxygen atoms in total. The molecular weight excluding hydrogens is 439 g/mol. The number of alkyl halides is 2. The largest absolute Gasteiger partial charge is 0.329 e. The van der Waals surface area contributed by atoms with Gasteiger partial charge in [-0.2, -0.15) is 0 Å². The van der Waals surface area contributed by atoms with Gasteiger partial charge in [-0.05, 0) is 49.4 Å². The molecule has 1 aromatic carbocycles. The van der Waals surface area contributed by atoms with Gasteiger partial charge in [0.05, 0.1) is 16.9 Å². The Kier molecular flexibility index (Phi) is 4.91. The number of aromatic amines is 1. The summed E-state index contributed by atoms with van der Waals surface area (Å²) in [5, 5.41) is 0.111. The van der Waals surface area contributed by atoms with Gasteiger partial charge in [-0.15, -0.1) is 23.7 Å². The smallest absolute Gasteiger partial charge is 0.319 e. The Labute approximate surface area is 179 Å². The van der Waals surface area contributed by atoms with Gasteiger partial charge in [0.1, 0.15) is 5.82 Å². The highest BCUT2D eigenvalue weighted by molar-refractivity contribution is 7.15. The summed E-state index contributed by atoms with van der Waals surface area (Å²) >= 11 is 1.24. The minimum atomic E-state index is -3.00. The number of nitrogens with one attached hydrogen (secondary N) is 1. The first-order chi connectivity index (χ1) is 13.7. The highest BCUT2D eigenvalue weighted by atomic mass is 35.5. The number of benzene rings is 1. The zero-order valence-electron chi connectivity index (χ0n) is 15.9. The number of thiophene rings is 1. The van der Waals surface area contributed by atoms with E-state index in [0.717, 1.165) is 23.8 Å². The lowest BCUT2D eigenvalue weighted by Gasteiger charge is -2.28. The van der Waals surface area contributed by atoms with Crippen LogP contribution >= 0.6 is 23.7 Å². The van der Waals surface area contributed by atoms with Gasteiger partial charge in [-0.3, -0.25) is 14.3 Å². The van der Waals surface area contributed by atoms with Crippen LogP contribution in [0.25, 0.3) is 21.3 Å². The van der Waals surface area contributed by atoms with Crippen LogP contribution in [-0.2, 0) is 6.42 Å². The average Bonchev–Trinajstić information content (AvgIpc) is 3.39. The highest BCUT2D eigenvalue weighted by Crippen LogP contribution is 2.47. The van der Waals surface area contributed by atoms with Crippen molar-refractivity contribution < 1.29 is 13.2 Å². The first kappa shape index (κ1) is 21.1. The Morgan fingerprint density at radius 2 is 1.97 bits per heavy atom. The van der Waals surface area contributed by atoms with Gasteiger partial charge in [-0.25, -0.2) is 18.0 Å². The number of H-pyrrole nitrogens is 1. The van der Waals surface area contributed by atoms with E-state index >= 15 is 4.39 Å². The van der Waals surface area contributed by atoms with E-state index in [1.54, 1.807) is 6.92 Å². The van der Waals surface area contributed by atoms with Crippen molar-refractivity contribution in [2.45, 2.75) is 50.6 Å². The van der Waals surface area contributed by atoms with Crippen LogP contribution < -0.4 is 17.0 Å². The number of halogens is 4. The minimum Gasteiger partial charge on any atom is -0.319 e. The fourth-order valence-corrected chi connectivity index (χ4v) is 5.56. The Balaban J connectivity index is 0.00000218. The maximum Gasteiger partial charge on any atom is 0.329 e. The Bertz CT molecular complexity index is 1290. The molecule has 0 bridgehead atoms. The van der Waals surface area contributed by atoms with Gasteiger partial charge in [-0.1, -0.05) is 0 Å². The van der Waals surface area contributed by atoms with Gasteiger partial charge in [0.25, 0.3) is 11.5 Å². The molecule has 1 atom stereocenters. The molecule has 2 heterocycles. The second-order valence-corrected chi connectivity index (χ2v) is 8.98. The monoisotopic (exact) mass is 457 g/mol. The van der Waals surface area contributed by atoms with Crippen molar-refractivity contribution in [2.75, 3.05) is 0 Å². The Morgan fingerprint density at radius 3 is 2.63 bits per heavy atom. The maximum absolute atomic E-state index is 15.1. The number of nitrogens with zero attached hydrogens (tertiary/aromatic N) is 1. The molecule has 1 saturated carbocycles. The first-order valence-corrected chi connectivity index (χ1v) is 10.2. The molecule has 3 N–H and O–H groups in total. The summed E-state index contributed by atoms with van der Waals surface area (Å²) in [6, 6.07) is 1.21. The summed E-state index contributed by atoms with van der Waals surface area (Å²) in [6.07, 6.45) is 1.47. The number of aryl methyl sites for hydroxylation is 2. The third kappa shape index (κ3) is 3.02. The second-order valence-electron chi connectivity index (χ2n) is 7.84. The van der Waals surface area contributed by atoms with E-state index in [1.165, 1.54) is 22.0 Å². The molecule has 1 fully saturated rings. The number of hydrogen-bond acceptors (Lipinski definition) is 4. The van der Waals surface area contributed by atoms with Gasteiger partial charge >= 0.3 is 5.69 Å². The standard InChI is InChI=1S/C20H18F3N3O2S.ClH/c1-8-15(14-7-10-13(29-14)4-5-20(22,23)17(10)24)12(21)6-11-16(8)26(9-2-3-9)19(28)25-18(11)27;/h6-7,9,17H,2-5,24H2,1H3,(H,25,27,28);1H. The van der Waals surface area contributed by atoms with E-state index < -0.39 is 29.0 Å². The quantitative estimate of drug-likeness (QED) is 0.605. The average molecular weight is 458 g/mol. The first-order valence-electron chi connectivity index (χ1n) is 9.43. The van der Waals surface area contributed by atoms with Gasteiger partial charge in [0.2, 0.25) is 0 Å². The number of hydrogen-bond donors (Lipinski definition) is 2. The maximum atomic E-state index is 15.1. The van der Waals surface area contributed by atoms with Crippen LogP contribution in [0.2, 0.25) is 0 Å². The van der Waals surface area contributed by atoms with Crippen LogP contribution in [0.5, 0.6) is 0 Å². The molecule has 10 heteroatoms. The molecular formula is C20H19ClF3N3O2S. The molecule has 5 rings (SSSR count). The second kappa shape index (κ2) is 6.96. The van der Waals surface area contributed by atoms with E-state index in [4.69, 9.17) is 5.73 Å². The van der Waals surface area contributed by atoms with E-state index in [2.05, 4.69) is 4.98 Å². The van der Waals surface area contributed by atoms with Crippen molar-refractivity contribution in [1.29, 1.82) is 0 Å². The molecule has 0 amide bonds. The van der Waals surface area contributed by atoms with Crippen LogP contribution in [0.3, 0.4) is 0 Å². The van der Waals surface area contributed by atoms with Crippen molar-refractivity contribution in [3.05, 3.63) is 54.8 Å². The number of fused-ring (bicyclic) bond motifs is 2. The summed E-state index contributed by atoms with van der Waals surface area (Å²) in [6.45, 7) is 1.66. The Morgan fingerprint density at radius 1 is 1.27 bits per heavy atom. The number of aromatic nitrogens is 2. The lowest BCUT2D eigenvalue weighted by atomic mass is 9.90. The molecule has 2 aliphatic carbocycles. The highest BCUT2D eigenvalue weighted by Gasteiger charge is 2.43. The fourth-order valence-electron chi connectivity index (χ4n) is 4.25. The van der Waals surface area contributed by atoms with Crippen LogP contribution in [0.15, 0.2) is 21.7 Å². The molecule has 0 radical (unpaired) electrons. The molecule has 0 spiro atoms. The summed E-state index contributed by atoms with van der Waals surface area (Å²) in [4.78, 5) is 28.2. The topological polar surface area (TPSA) is 80.9 Å². The van der Waals surface area contributed by atoms with E-state index in [-0.39, 0.29) is 42.2 Å². The normalized spacial score (nSPS) is 20.1. The van der Waals surface area contributed by atoms with Gasteiger partial charge in [0, 0.05) is 27.8 Å². The summed E-state index contributed by atoms with van der Waals surface area (Å²) in [5.41, 5.74) is 6.04. The molecule has 2 aliphatic rings. The molecule has 0 saturated heterocycles. The summed E-state index contributed by atoms with van der Waals surface area (Å²) in [5.74, 6) is -3.62. The van der Waals surface area contributed by atoms with E-state index in [1.807, 2.05) is 0 Å². The molecule has 160 valence electrons.